The minimum absolute atomic E-state index is 0.737. The first-order valence-corrected chi connectivity index (χ1v) is 6.52. The van der Waals surface area contributed by atoms with E-state index in [2.05, 4.69) is 37.4 Å². The molecule has 1 rings (SSSR count). The number of nitrogens with zero attached hydrogens (tertiary/aromatic N) is 2. The van der Waals surface area contributed by atoms with Gasteiger partial charge in [0.2, 0.25) is 0 Å². The van der Waals surface area contributed by atoms with E-state index in [1.807, 2.05) is 10.9 Å². The van der Waals surface area contributed by atoms with Crippen LogP contribution in [0.5, 0.6) is 0 Å². The second-order valence-corrected chi connectivity index (χ2v) is 4.39. The van der Waals surface area contributed by atoms with E-state index in [4.69, 9.17) is 0 Å². The fourth-order valence-corrected chi connectivity index (χ4v) is 1.86. The molecule has 0 aliphatic rings. The lowest BCUT2D eigenvalue weighted by atomic mass is 9.99. The molecule has 1 aromatic rings. The summed E-state index contributed by atoms with van der Waals surface area (Å²) in [6, 6.07) is 0. The number of hydrogen-bond donors (Lipinski definition) is 1. The summed E-state index contributed by atoms with van der Waals surface area (Å²) in [5, 5.41) is 7.81. The van der Waals surface area contributed by atoms with E-state index < -0.39 is 0 Å². The molecule has 1 atom stereocenters. The number of nitrogens with one attached hydrogen (secondary N) is 1. The van der Waals surface area contributed by atoms with Gasteiger partial charge in [0, 0.05) is 12.7 Å². The van der Waals surface area contributed by atoms with Crippen LogP contribution in [-0.2, 0) is 13.0 Å². The highest BCUT2D eigenvalue weighted by molar-refractivity contribution is 5.05. The van der Waals surface area contributed by atoms with Crippen LogP contribution in [-0.4, -0.2) is 22.9 Å². The van der Waals surface area contributed by atoms with Crippen molar-refractivity contribution in [3.8, 4) is 0 Å². The third-order valence-electron chi connectivity index (χ3n) is 2.97. The highest BCUT2D eigenvalue weighted by Crippen LogP contribution is 2.10. The van der Waals surface area contributed by atoms with Crippen molar-refractivity contribution in [2.45, 2.75) is 46.6 Å². The van der Waals surface area contributed by atoms with E-state index in [1.165, 1.54) is 18.4 Å². The van der Waals surface area contributed by atoms with Gasteiger partial charge >= 0.3 is 0 Å². The first-order chi connectivity index (χ1) is 7.80. The number of aryl methyl sites for hydroxylation is 1. The maximum absolute atomic E-state index is 4.31. The summed E-state index contributed by atoms with van der Waals surface area (Å²) in [6.07, 6.45) is 7.76. The molecule has 0 amide bonds. The van der Waals surface area contributed by atoms with Gasteiger partial charge in [-0.2, -0.15) is 5.10 Å². The minimum atomic E-state index is 0.737. The van der Waals surface area contributed by atoms with Crippen molar-refractivity contribution < 1.29 is 0 Å². The lowest BCUT2D eigenvalue weighted by Gasteiger charge is -2.14. The molecule has 16 heavy (non-hydrogen) atoms. The van der Waals surface area contributed by atoms with Gasteiger partial charge in [0.15, 0.2) is 0 Å². The van der Waals surface area contributed by atoms with Crippen LogP contribution in [0.4, 0.5) is 0 Å². The highest BCUT2D eigenvalue weighted by atomic mass is 15.3. The summed E-state index contributed by atoms with van der Waals surface area (Å²) in [6.45, 7) is 9.82. The van der Waals surface area contributed by atoms with E-state index in [0.717, 1.165) is 32.0 Å². The summed E-state index contributed by atoms with van der Waals surface area (Å²) in [4.78, 5) is 0. The molecule has 92 valence electrons. The van der Waals surface area contributed by atoms with Crippen molar-refractivity contribution in [2.75, 3.05) is 13.1 Å². The number of rotatable bonds is 8. The Kier molecular flexibility index (Phi) is 6.16. The lowest BCUT2D eigenvalue weighted by molar-refractivity contribution is 0.460. The molecule has 1 unspecified atom stereocenters. The summed E-state index contributed by atoms with van der Waals surface area (Å²) < 4.78 is 2.00. The Labute approximate surface area is 99.2 Å². The van der Waals surface area contributed by atoms with E-state index in [0.29, 0.717) is 0 Å². The number of hydrogen-bond acceptors (Lipinski definition) is 2. The van der Waals surface area contributed by atoms with Crippen molar-refractivity contribution in [3.63, 3.8) is 0 Å². The van der Waals surface area contributed by atoms with Gasteiger partial charge in [0.25, 0.3) is 0 Å². The van der Waals surface area contributed by atoms with Crippen molar-refractivity contribution in [3.05, 3.63) is 18.0 Å². The van der Waals surface area contributed by atoms with Crippen LogP contribution >= 0.6 is 0 Å². The van der Waals surface area contributed by atoms with E-state index >= 15 is 0 Å². The molecule has 0 bridgehead atoms. The van der Waals surface area contributed by atoms with Gasteiger partial charge in [-0.1, -0.05) is 20.3 Å². The molecule has 3 heteroatoms. The van der Waals surface area contributed by atoms with Crippen molar-refractivity contribution in [1.82, 2.24) is 15.1 Å². The zero-order valence-electron chi connectivity index (χ0n) is 10.9. The van der Waals surface area contributed by atoms with E-state index in [1.54, 1.807) is 0 Å². The molecule has 1 N–H and O–H groups in total. The molecule has 1 aromatic heterocycles. The normalized spacial score (nSPS) is 12.9. The predicted molar refractivity (Wildman–Crippen MR) is 68.5 cm³/mol. The zero-order valence-corrected chi connectivity index (χ0v) is 10.9. The molecular formula is C13H25N3. The van der Waals surface area contributed by atoms with Gasteiger partial charge in [0.05, 0.1) is 6.20 Å². The Morgan fingerprint density at radius 3 is 2.75 bits per heavy atom. The van der Waals surface area contributed by atoms with Gasteiger partial charge in [-0.05, 0) is 44.3 Å². The summed E-state index contributed by atoms with van der Waals surface area (Å²) in [5.41, 5.74) is 1.37. The second kappa shape index (κ2) is 7.44. The fraction of sp³-hybridized carbons (Fsp3) is 0.769. The Morgan fingerprint density at radius 1 is 1.38 bits per heavy atom. The molecule has 0 radical (unpaired) electrons. The minimum Gasteiger partial charge on any atom is -0.316 e. The molecule has 0 spiro atoms. The first-order valence-electron chi connectivity index (χ1n) is 6.52. The molecule has 0 saturated carbocycles. The van der Waals surface area contributed by atoms with Gasteiger partial charge in [-0.3, -0.25) is 4.68 Å². The third kappa shape index (κ3) is 4.35. The van der Waals surface area contributed by atoms with Gasteiger partial charge in [-0.15, -0.1) is 0 Å². The van der Waals surface area contributed by atoms with Gasteiger partial charge < -0.3 is 5.32 Å². The Hall–Kier alpha value is -0.830. The fourth-order valence-electron chi connectivity index (χ4n) is 1.86. The predicted octanol–water partition coefficient (Wildman–Crippen LogP) is 2.47. The van der Waals surface area contributed by atoms with Gasteiger partial charge in [-0.25, -0.2) is 0 Å². The van der Waals surface area contributed by atoms with Crippen LogP contribution in [0.15, 0.2) is 12.4 Å². The maximum Gasteiger partial charge on any atom is 0.0521 e. The maximum atomic E-state index is 4.31. The van der Waals surface area contributed by atoms with Crippen LogP contribution in [0.25, 0.3) is 0 Å². The Balaban J connectivity index is 2.36. The quantitative estimate of drug-likeness (QED) is 0.686. The molecule has 0 aliphatic heterocycles. The monoisotopic (exact) mass is 223 g/mol. The molecule has 0 saturated heterocycles. The average Bonchev–Trinajstić information content (AvgIpc) is 2.75. The van der Waals surface area contributed by atoms with Crippen LogP contribution < -0.4 is 5.32 Å². The van der Waals surface area contributed by atoms with Crippen molar-refractivity contribution in [1.29, 1.82) is 0 Å². The lowest BCUT2D eigenvalue weighted by Crippen LogP contribution is -2.24. The van der Waals surface area contributed by atoms with E-state index in [-0.39, 0.29) is 0 Å². The molecule has 0 aliphatic carbocycles. The molecule has 0 aromatic carbocycles. The van der Waals surface area contributed by atoms with E-state index in [9.17, 15) is 0 Å². The summed E-state index contributed by atoms with van der Waals surface area (Å²) in [7, 11) is 0. The largest absolute Gasteiger partial charge is 0.316 e. The van der Waals surface area contributed by atoms with Gasteiger partial charge in [0.1, 0.15) is 0 Å². The average molecular weight is 223 g/mol. The topological polar surface area (TPSA) is 29.9 Å². The molecule has 0 fully saturated rings. The second-order valence-electron chi connectivity index (χ2n) is 4.39. The van der Waals surface area contributed by atoms with Crippen LogP contribution in [0.1, 0.15) is 39.2 Å². The molecular weight excluding hydrogens is 198 g/mol. The van der Waals surface area contributed by atoms with Crippen LogP contribution in [0.3, 0.4) is 0 Å². The smallest absolute Gasteiger partial charge is 0.0521 e. The number of aromatic nitrogens is 2. The molecule has 1 heterocycles. The first kappa shape index (κ1) is 13.2. The SMILES string of the molecule is CCCNCC(CC)Cc1cnn(CC)c1. The van der Waals surface area contributed by atoms with Crippen molar-refractivity contribution >= 4 is 0 Å². The van der Waals surface area contributed by atoms with Crippen LogP contribution in [0.2, 0.25) is 0 Å². The summed E-state index contributed by atoms with van der Waals surface area (Å²) >= 11 is 0. The third-order valence-corrected chi connectivity index (χ3v) is 2.97. The Morgan fingerprint density at radius 2 is 2.19 bits per heavy atom. The Bertz CT molecular complexity index is 280. The summed E-state index contributed by atoms with van der Waals surface area (Å²) in [5.74, 6) is 0.737. The zero-order chi connectivity index (χ0) is 11.8. The van der Waals surface area contributed by atoms with Crippen molar-refractivity contribution in [2.24, 2.45) is 5.92 Å². The standard InChI is InChI=1S/C13H25N3/c1-4-7-14-9-12(5-2)8-13-10-15-16(6-3)11-13/h10-12,14H,4-9H2,1-3H3. The molecule has 3 nitrogen and oxygen atoms in total. The van der Waals surface area contributed by atoms with Crippen LogP contribution in [0, 0.1) is 5.92 Å². The highest BCUT2D eigenvalue weighted by Gasteiger charge is 2.08.